The van der Waals surface area contributed by atoms with Crippen LogP contribution in [0.5, 0.6) is 17.2 Å². The molecule has 0 bridgehead atoms. The van der Waals surface area contributed by atoms with Crippen LogP contribution in [0.2, 0.25) is 0 Å². The highest BCUT2D eigenvalue weighted by atomic mass is 16.5. The summed E-state index contributed by atoms with van der Waals surface area (Å²) in [6, 6.07) is 13.1. The Labute approximate surface area is 125 Å². The molecule has 2 rings (SSSR count). The van der Waals surface area contributed by atoms with E-state index in [4.69, 9.17) is 9.47 Å². The van der Waals surface area contributed by atoms with Crippen molar-refractivity contribution >= 4 is 0 Å². The zero-order valence-electron chi connectivity index (χ0n) is 12.6. The Morgan fingerprint density at radius 3 is 2.38 bits per heavy atom. The largest absolute Gasteiger partial charge is 0.508 e. The highest BCUT2D eigenvalue weighted by molar-refractivity contribution is 5.42. The summed E-state index contributed by atoms with van der Waals surface area (Å²) in [6.07, 6.45) is 0. The van der Waals surface area contributed by atoms with E-state index in [1.54, 1.807) is 26.4 Å². The molecule has 0 spiro atoms. The third kappa shape index (κ3) is 3.89. The van der Waals surface area contributed by atoms with Crippen LogP contribution in [0, 0.1) is 0 Å². The van der Waals surface area contributed by atoms with Gasteiger partial charge in [-0.25, -0.2) is 0 Å². The molecule has 0 heterocycles. The van der Waals surface area contributed by atoms with Crippen molar-refractivity contribution in [2.24, 2.45) is 0 Å². The van der Waals surface area contributed by atoms with Crippen molar-refractivity contribution < 1.29 is 14.6 Å². The van der Waals surface area contributed by atoms with Crippen LogP contribution in [0.3, 0.4) is 0 Å². The van der Waals surface area contributed by atoms with Gasteiger partial charge in [-0.05, 0) is 42.8 Å². The number of methoxy groups -OCH3 is 2. The maximum atomic E-state index is 9.29. The predicted molar refractivity (Wildman–Crippen MR) is 82.9 cm³/mol. The Morgan fingerprint density at radius 2 is 1.76 bits per heavy atom. The van der Waals surface area contributed by atoms with Gasteiger partial charge in [0.2, 0.25) is 0 Å². The first kappa shape index (κ1) is 15.2. The number of benzene rings is 2. The lowest BCUT2D eigenvalue weighted by molar-refractivity contribution is 0.391. The van der Waals surface area contributed by atoms with Crippen LogP contribution in [0.25, 0.3) is 0 Å². The summed E-state index contributed by atoms with van der Waals surface area (Å²) in [5.41, 5.74) is 2.16. The quantitative estimate of drug-likeness (QED) is 0.856. The predicted octanol–water partition coefficient (Wildman–Crippen LogP) is 3.26. The molecule has 0 aromatic heterocycles. The van der Waals surface area contributed by atoms with E-state index in [9.17, 15) is 5.11 Å². The van der Waals surface area contributed by atoms with E-state index < -0.39 is 0 Å². The lowest BCUT2D eigenvalue weighted by atomic mass is 10.1. The number of rotatable bonds is 6. The van der Waals surface area contributed by atoms with Gasteiger partial charge < -0.3 is 19.9 Å². The fraction of sp³-hybridized carbons (Fsp3) is 0.294. The Hall–Kier alpha value is -2.20. The average Bonchev–Trinajstić information content (AvgIpc) is 2.53. The van der Waals surface area contributed by atoms with Crippen LogP contribution in [-0.2, 0) is 6.54 Å². The van der Waals surface area contributed by atoms with Crippen molar-refractivity contribution in [3.63, 3.8) is 0 Å². The maximum absolute atomic E-state index is 9.29. The Kier molecular flexibility index (Phi) is 5.06. The van der Waals surface area contributed by atoms with Crippen LogP contribution in [0.1, 0.15) is 24.1 Å². The first-order valence-corrected chi connectivity index (χ1v) is 6.87. The van der Waals surface area contributed by atoms with Gasteiger partial charge >= 0.3 is 0 Å². The first-order valence-electron chi connectivity index (χ1n) is 6.87. The van der Waals surface area contributed by atoms with E-state index in [0.29, 0.717) is 6.54 Å². The molecule has 0 fully saturated rings. The van der Waals surface area contributed by atoms with Crippen LogP contribution in [0.4, 0.5) is 0 Å². The molecular weight excluding hydrogens is 266 g/mol. The van der Waals surface area contributed by atoms with E-state index >= 15 is 0 Å². The summed E-state index contributed by atoms with van der Waals surface area (Å²) in [6.45, 7) is 2.79. The molecule has 1 atom stereocenters. The van der Waals surface area contributed by atoms with E-state index in [1.807, 2.05) is 30.3 Å². The van der Waals surface area contributed by atoms with Crippen molar-refractivity contribution in [3.8, 4) is 17.2 Å². The third-order valence-electron chi connectivity index (χ3n) is 3.45. The number of ether oxygens (including phenoxy) is 2. The smallest absolute Gasteiger partial charge is 0.123 e. The molecule has 0 aliphatic rings. The monoisotopic (exact) mass is 287 g/mol. The number of aromatic hydroxyl groups is 1. The minimum absolute atomic E-state index is 0.115. The first-order chi connectivity index (χ1) is 10.1. The van der Waals surface area contributed by atoms with E-state index in [2.05, 4.69) is 12.2 Å². The number of phenols is 1. The number of hydrogen-bond donors (Lipinski definition) is 2. The third-order valence-corrected chi connectivity index (χ3v) is 3.45. The minimum atomic E-state index is 0.115. The molecule has 0 saturated carbocycles. The molecule has 2 aromatic rings. The van der Waals surface area contributed by atoms with Crippen molar-refractivity contribution in [1.29, 1.82) is 0 Å². The minimum Gasteiger partial charge on any atom is -0.508 e. The van der Waals surface area contributed by atoms with Crippen molar-refractivity contribution in [1.82, 2.24) is 5.32 Å². The highest BCUT2D eigenvalue weighted by Crippen LogP contribution is 2.29. The maximum Gasteiger partial charge on any atom is 0.123 e. The Balaban J connectivity index is 2.08. The standard InChI is InChI=1S/C17H21NO3/c1-12(18-11-13-4-6-14(19)7-5-13)16-10-15(20-2)8-9-17(16)21-3/h4-10,12,18-19H,11H2,1-3H3. The zero-order chi connectivity index (χ0) is 15.2. The summed E-state index contributed by atoms with van der Waals surface area (Å²) in [7, 11) is 3.32. The molecule has 4 nitrogen and oxygen atoms in total. The zero-order valence-corrected chi connectivity index (χ0v) is 12.6. The second kappa shape index (κ2) is 6.99. The van der Waals surface area contributed by atoms with Gasteiger partial charge in [0.1, 0.15) is 17.2 Å². The van der Waals surface area contributed by atoms with Gasteiger partial charge in [-0.2, -0.15) is 0 Å². The van der Waals surface area contributed by atoms with Crippen molar-refractivity contribution in [3.05, 3.63) is 53.6 Å². The number of hydrogen-bond acceptors (Lipinski definition) is 4. The van der Waals surface area contributed by atoms with Crippen molar-refractivity contribution in [2.75, 3.05) is 14.2 Å². The fourth-order valence-electron chi connectivity index (χ4n) is 2.17. The second-order valence-corrected chi connectivity index (χ2v) is 4.88. The molecule has 2 aromatic carbocycles. The summed E-state index contributed by atoms with van der Waals surface area (Å²) in [5, 5.41) is 12.7. The Bertz CT molecular complexity index is 581. The van der Waals surface area contributed by atoms with Crippen LogP contribution in [-0.4, -0.2) is 19.3 Å². The van der Waals surface area contributed by atoms with E-state index in [1.165, 1.54) is 0 Å². The summed E-state index contributed by atoms with van der Waals surface area (Å²) in [4.78, 5) is 0. The SMILES string of the molecule is COc1ccc(OC)c(C(C)NCc2ccc(O)cc2)c1. The molecule has 0 saturated heterocycles. The van der Waals surface area contributed by atoms with Crippen LogP contribution >= 0.6 is 0 Å². The van der Waals surface area contributed by atoms with Gasteiger partial charge in [0.05, 0.1) is 14.2 Å². The van der Waals surface area contributed by atoms with E-state index in [-0.39, 0.29) is 11.8 Å². The molecule has 0 amide bonds. The topological polar surface area (TPSA) is 50.7 Å². The fourth-order valence-corrected chi connectivity index (χ4v) is 2.17. The molecule has 0 aliphatic heterocycles. The van der Waals surface area contributed by atoms with Crippen molar-refractivity contribution in [2.45, 2.75) is 19.5 Å². The second-order valence-electron chi connectivity index (χ2n) is 4.88. The molecule has 2 N–H and O–H groups in total. The molecule has 0 aliphatic carbocycles. The van der Waals surface area contributed by atoms with Gasteiger partial charge in [-0.15, -0.1) is 0 Å². The number of nitrogens with one attached hydrogen (secondary N) is 1. The van der Waals surface area contributed by atoms with Crippen LogP contribution < -0.4 is 14.8 Å². The number of phenolic OH excluding ortho intramolecular Hbond substituents is 1. The normalized spacial score (nSPS) is 12.0. The summed E-state index contributed by atoms with van der Waals surface area (Å²) < 4.78 is 10.7. The Morgan fingerprint density at radius 1 is 1.05 bits per heavy atom. The lowest BCUT2D eigenvalue weighted by Crippen LogP contribution is -2.18. The van der Waals surface area contributed by atoms with Gasteiger partial charge in [0, 0.05) is 18.2 Å². The molecule has 21 heavy (non-hydrogen) atoms. The molecular formula is C17H21NO3. The van der Waals surface area contributed by atoms with Gasteiger partial charge in [0.25, 0.3) is 0 Å². The lowest BCUT2D eigenvalue weighted by Gasteiger charge is -2.18. The van der Waals surface area contributed by atoms with Gasteiger partial charge in [-0.3, -0.25) is 0 Å². The summed E-state index contributed by atoms with van der Waals surface area (Å²) >= 11 is 0. The van der Waals surface area contributed by atoms with E-state index in [0.717, 1.165) is 22.6 Å². The molecule has 112 valence electrons. The van der Waals surface area contributed by atoms with Crippen LogP contribution in [0.15, 0.2) is 42.5 Å². The average molecular weight is 287 g/mol. The summed E-state index contributed by atoms with van der Waals surface area (Å²) in [5.74, 6) is 1.92. The molecule has 4 heteroatoms. The molecule has 1 unspecified atom stereocenters. The van der Waals surface area contributed by atoms with Gasteiger partial charge in [-0.1, -0.05) is 12.1 Å². The molecule has 0 radical (unpaired) electrons. The van der Waals surface area contributed by atoms with Gasteiger partial charge in [0.15, 0.2) is 0 Å². The highest BCUT2D eigenvalue weighted by Gasteiger charge is 2.12.